The lowest BCUT2D eigenvalue weighted by Gasteiger charge is -2.35. The van der Waals surface area contributed by atoms with Crippen molar-refractivity contribution in [2.75, 3.05) is 31.1 Å². The quantitative estimate of drug-likeness (QED) is 0.623. The van der Waals surface area contributed by atoms with Crippen LogP contribution in [0.15, 0.2) is 42.5 Å². The molecule has 9 nitrogen and oxygen atoms in total. The maximum Gasteiger partial charge on any atom is 0.312 e. The Morgan fingerprint density at radius 3 is 2.25 bits per heavy atom. The van der Waals surface area contributed by atoms with Crippen LogP contribution in [0, 0.1) is 10.1 Å². The molecular weight excluding hydrogens is 364 g/mol. The van der Waals surface area contributed by atoms with Gasteiger partial charge in [-0.2, -0.15) is 0 Å². The number of hydrogen-bond donors (Lipinski definition) is 1. The highest BCUT2D eigenvalue weighted by Crippen LogP contribution is 2.33. The summed E-state index contributed by atoms with van der Waals surface area (Å²) < 4.78 is 5.63. The minimum absolute atomic E-state index is 0.0258. The van der Waals surface area contributed by atoms with Gasteiger partial charge in [0.15, 0.2) is 0 Å². The van der Waals surface area contributed by atoms with E-state index in [1.54, 1.807) is 19.1 Å². The number of amides is 2. The molecule has 2 amide bonds. The molecule has 0 unspecified atom stereocenters. The number of piperazine rings is 1. The largest absolute Gasteiger partial charge is 0.450 e. The van der Waals surface area contributed by atoms with E-state index in [0.717, 1.165) is 24.8 Å². The molecular formula is C19H20N4O5. The number of nitrogens with zero attached hydrogens (tertiary/aromatic N) is 3. The second-order valence-electron chi connectivity index (χ2n) is 6.39. The van der Waals surface area contributed by atoms with Gasteiger partial charge in [-0.05, 0) is 36.4 Å². The van der Waals surface area contributed by atoms with Gasteiger partial charge < -0.3 is 20.3 Å². The molecule has 0 spiro atoms. The number of primary amides is 1. The van der Waals surface area contributed by atoms with Crippen LogP contribution in [0.1, 0.15) is 17.3 Å². The van der Waals surface area contributed by atoms with E-state index in [-0.39, 0.29) is 22.9 Å². The molecule has 0 atom stereocenters. The molecule has 1 heterocycles. The van der Waals surface area contributed by atoms with Crippen LogP contribution in [0.25, 0.3) is 0 Å². The number of ether oxygens (including phenoxy) is 1. The normalized spacial score (nSPS) is 13.9. The summed E-state index contributed by atoms with van der Waals surface area (Å²) in [7, 11) is 0. The van der Waals surface area contributed by atoms with Gasteiger partial charge in [0.1, 0.15) is 5.75 Å². The van der Waals surface area contributed by atoms with Crippen LogP contribution in [-0.2, 0) is 4.79 Å². The van der Waals surface area contributed by atoms with E-state index in [1.165, 1.54) is 12.1 Å². The lowest BCUT2D eigenvalue weighted by molar-refractivity contribution is -0.385. The minimum Gasteiger partial charge on any atom is -0.450 e. The first-order valence-corrected chi connectivity index (χ1v) is 8.72. The Bertz CT molecular complexity index is 905. The van der Waals surface area contributed by atoms with Crippen LogP contribution in [0.2, 0.25) is 0 Å². The highest BCUT2D eigenvalue weighted by molar-refractivity contribution is 5.93. The zero-order valence-corrected chi connectivity index (χ0v) is 15.3. The molecule has 1 aliphatic heterocycles. The summed E-state index contributed by atoms with van der Waals surface area (Å²) in [6.45, 7) is 4.38. The molecule has 0 bridgehead atoms. The van der Waals surface area contributed by atoms with E-state index in [0.29, 0.717) is 18.8 Å². The lowest BCUT2D eigenvalue weighted by atomic mass is 10.2. The van der Waals surface area contributed by atoms with Gasteiger partial charge in [0.25, 0.3) is 0 Å². The van der Waals surface area contributed by atoms with E-state index in [9.17, 15) is 19.7 Å². The first kappa shape index (κ1) is 19.2. The van der Waals surface area contributed by atoms with Crippen molar-refractivity contribution in [2.45, 2.75) is 6.92 Å². The predicted molar refractivity (Wildman–Crippen MR) is 103 cm³/mol. The van der Waals surface area contributed by atoms with Crippen molar-refractivity contribution in [3.63, 3.8) is 0 Å². The van der Waals surface area contributed by atoms with E-state index >= 15 is 0 Å². The summed E-state index contributed by atoms with van der Waals surface area (Å²) in [6.07, 6.45) is 0. The maximum absolute atomic E-state index is 11.4. The van der Waals surface area contributed by atoms with E-state index in [1.807, 2.05) is 17.0 Å². The van der Waals surface area contributed by atoms with Crippen LogP contribution < -0.4 is 15.4 Å². The molecule has 9 heteroatoms. The van der Waals surface area contributed by atoms with Gasteiger partial charge in [-0.1, -0.05) is 0 Å². The fourth-order valence-corrected chi connectivity index (χ4v) is 3.03. The SMILES string of the molecule is CC(=O)N1CCN(c2ccc(Oc3ccc(C(N)=O)cc3[N+](=O)[O-])cc2)CC1. The Hall–Kier alpha value is -3.62. The van der Waals surface area contributed by atoms with Gasteiger partial charge in [0.2, 0.25) is 17.6 Å². The number of carbonyl (C=O) groups excluding carboxylic acids is 2. The van der Waals surface area contributed by atoms with Crippen LogP contribution in [-0.4, -0.2) is 47.8 Å². The molecule has 0 saturated carbocycles. The predicted octanol–water partition coefficient (Wildman–Crippen LogP) is 2.15. The first-order chi connectivity index (χ1) is 13.3. The molecule has 1 fully saturated rings. The summed E-state index contributed by atoms with van der Waals surface area (Å²) >= 11 is 0. The highest BCUT2D eigenvalue weighted by atomic mass is 16.6. The maximum atomic E-state index is 11.4. The number of anilines is 1. The fourth-order valence-electron chi connectivity index (χ4n) is 3.03. The summed E-state index contributed by atoms with van der Waals surface area (Å²) in [5, 5.41) is 11.3. The van der Waals surface area contributed by atoms with Crippen molar-refractivity contribution in [3.8, 4) is 11.5 Å². The molecule has 1 aliphatic rings. The third kappa shape index (κ3) is 4.20. The zero-order valence-electron chi connectivity index (χ0n) is 15.3. The minimum atomic E-state index is -0.746. The van der Waals surface area contributed by atoms with Gasteiger partial charge in [-0.3, -0.25) is 19.7 Å². The third-order valence-corrected chi connectivity index (χ3v) is 4.59. The fraction of sp³-hybridized carbons (Fsp3) is 0.263. The molecule has 0 radical (unpaired) electrons. The Morgan fingerprint density at radius 1 is 1.07 bits per heavy atom. The zero-order chi connectivity index (χ0) is 20.3. The first-order valence-electron chi connectivity index (χ1n) is 8.72. The van der Waals surface area contributed by atoms with E-state index in [4.69, 9.17) is 10.5 Å². The number of carbonyl (C=O) groups is 2. The van der Waals surface area contributed by atoms with Crippen LogP contribution >= 0.6 is 0 Å². The van der Waals surface area contributed by atoms with Crippen LogP contribution in [0.4, 0.5) is 11.4 Å². The molecule has 1 saturated heterocycles. The summed E-state index contributed by atoms with van der Waals surface area (Å²) in [5.41, 5.74) is 5.86. The van der Waals surface area contributed by atoms with Crippen molar-refractivity contribution in [1.29, 1.82) is 0 Å². The van der Waals surface area contributed by atoms with Crippen molar-refractivity contribution in [3.05, 3.63) is 58.1 Å². The van der Waals surface area contributed by atoms with Crippen LogP contribution in [0.3, 0.4) is 0 Å². The highest BCUT2D eigenvalue weighted by Gasteiger charge is 2.20. The Kier molecular flexibility index (Phi) is 5.44. The molecule has 2 aromatic rings. The van der Waals surface area contributed by atoms with Crippen molar-refractivity contribution < 1.29 is 19.2 Å². The second kappa shape index (κ2) is 7.95. The van der Waals surface area contributed by atoms with Gasteiger partial charge in [-0.25, -0.2) is 0 Å². The van der Waals surface area contributed by atoms with Crippen LogP contribution in [0.5, 0.6) is 11.5 Å². The monoisotopic (exact) mass is 384 g/mol. The van der Waals surface area contributed by atoms with E-state index in [2.05, 4.69) is 4.90 Å². The molecule has 3 rings (SSSR count). The smallest absolute Gasteiger partial charge is 0.312 e. The van der Waals surface area contributed by atoms with Gasteiger partial charge in [0.05, 0.1) is 4.92 Å². The lowest BCUT2D eigenvalue weighted by Crippen LogP contribution is -2.48. The van der Waals surface area contributed by atoms with Gasteiger partial charge in [-0.15, -0.1) is 0 Å². The summed E-state index contributed by atoms with van der Waals surface area (Å²) in [5.74, 6) is -0.213. The Labute approximate surface area is 161 Å². The average Bonchev–Trinajstić information content (AvgIpc) is 2.68. The number of hydrogen-bond acceptors (Lipinski definition) is 6. The van der Waals surface area contributed by atoms with Gasteiger partial charge in [0, 0.05) is 50.4 Å². The van der Waals surface area contributed by atoms with Gasteiger partial charge >= 0.3 is 5.69 Å². The third-order valence-electron chi connectivity index (χ3n) is 4.59. The molecule has 0 aliphatic carbocycles. The number of nitro benzene ring substituents is 1. The Morgan fingerprint density at radius 2 is 1.71 bits per heavy atom. The second-order valence-corrected chi connectivity index (χ2v) is 6.39. The van der Waals surface area contributed by atoms with Crippen molar-refractivity contribution in [2.24, 2.45) is 5.73 Å². The molecule has 2 aromatic carbocycles. The van der Waals surface area contributed by atoms with Crippen molar-refractivity contribution >= 4 is 23.2 Å². The molecule has 146 valence electrons. The molecule has 28 heavy (non-hydrogen) atoms. The number of benzene rings is 2. The average molecular weight is 384 g/mol. The number of rotatable bonds is 5. The Balaban J connectivity index is 1.72. The van der Waals surface area contributed by atoms with Crippen molar-refractivity contribution in [1.82, 2.24) is 4.90 Å². The standard InChI is InChI=1S/C19H20N4O5/c1-13(24)21-8-10-22(11-9-21)15-3-5-16(6-4-15)28-18-7-2-14(19(20)25)12-17(18)23(26)27/h2-7,12H,8-11H2,1H3,(H2,20,25). The topological polar surface area (TPSA) is 119 Å². The van der Waals surface area contributed by atoms with E-state index < -0.39 is 10.8 Å². The molecule has 2 N–H and O–H groups in total. The summed E-state index contributed by atoms with van der Waals surface area (Å²) in [6, 6.07) is 11.0. The summed E-state index contributed by atoms with van der Waals surface area (Å²) in [4.78, 5) is 37.2. The molecule has 0 aromatic heterocycles. The number of nitro groups is 1. The number of nitrogens with two attached hydrogens (primary N) is 1.